The molecule has 4 nitrogen and oxygen atoms in total. The smallest absolute Gasteiger partial charge is 0.193 e. The molecule has 0 unspecified atom stereocenters. The van der Waals surface area contributed by atoms with Gasteiger partial charge in [-0.25, -0.2) is 0 Å². The van der Waals surface area contributed by atoms with E-state index in [4.69, 9.17) is 21.7 Å². The number of amidine groups is 1. The summed E-state index contributed by atoms with van der Waals surface area (Å²) in [4.78, 5) is 2.03. The Balaban J connectivity index is 2.35. The molecule has 1 aliphatic rings. The summed E-state index contributed by atoms with van der Waals surface area (Å²) in [6.45, 7) is 9.28. The summed E-state index contributed by atoms with van der Waals surface area (Å²) in [5.41, 5.74) is 4.13. The van der Waals surface area contributed by atoms with Crippen LogP contribution in [0.1, 0.15) is 63.5 Å². The van der Waals surface area contributed by atoms with Gasteiger partial charge < -0.3 is 15.0 Å². The lowest BCUT2D eigenvalue weighted by molar-refractivity contribution is 0.0859. The lowest BCUT2D eigenvalue weighted by Gasteiger charge is -2.34. The Kier molecular flexibility index (Phi) is 8.03. The van der Waals surface area contributed by atoms with E-state index in [-0.39, 0.29) is 6.10 Å². The van der Waals surface area contributed by atoms with Gasteiger partial charge in [0.25, 0.3) is 0 Å². The first-order valence-electron chi connectivity index (χ1n) is 10.1. The Bertz CT molecular complexity index is 670. The fraction of sp³-hybridized carbons (Fsp3) is 0.591. The molecule has 0 saturated carbocycles. The van der Waals surface area contributed by atoms with Crippen LogP contribution in [0.15, 0.2) is 23.6 Å². The first kappa shape index (κ1) is 21.6. The van der Waals surface area contributed by atoms with Crippen LogP contribution in [0.3, 0.4) is 0 Å². The van der Waals surface area contributed by atoms with Crippen molar-refractivity contribution in [2.45, 2.75) is 72.3 Å². The van der Waals surface area contributed by atoms with Gasteiger partial charge in [-0.1, -0.05) is 44.4 Å². The molecular formula is C22H34ClN3O. The molecule has 2 N–H and O–H groups in total. The minimum absolute atomic E-state index is 0.197. The topological polar surface area (TPSA) is 48.4 Å². The maximum Gasteiger partial charge on any atom is 0.193 e. The van der Waals surface area contributed by atoms with Crippen molar-refractivity contribution in [1.82, 2.24) is 5.32 Å². The number of hydrogen-bond acceptors (Lipinski definition) is 3. The zero-order chi connectivity index (χ0) is 20.0. The molecule has 1 aromatic carbocycles. The highest BCUT2D eigenvalue weighted by molar-refractivity contribution is 6.34. The Morgan fingerprint density at radius 3 is 2.48 bits per heavy atom. The van der Waals surface area contributed by atoms with E-state index in [1.54, 1.807) is 0 Å². The standard InChI is InChI=1S/C22H34ClN3O/c1-6-9-17(10-7-2)27-22(25-5)18-11-8-12-26(21(18)24)20-16(4)13-15(3)14-19(20)23/h13-14,17,24-25H,6-12H2,1-5H3/b22-18+,24-21?. The summed E-state index contributed by atoms with van der Waals surface area (Å²) >= 11 is 6.56. The van der Waals surface area contributed by atoms with E-state index in [1.165, 1.54) is 0 Å². The van der Waals surface area contributed by atoms with Gasteiger partial charge in [-0.15, -0.1) is 0 Å². The second kappa shape index (κ2) is 10.0. The molecule has 150 valence electrons. The molecule has 27 heavy (non-hydrogen) atoms. The molecule has 0 aromatic heterocycles. The summed E-state index contributed by atoms with van der Waals surface area (Å²) in [6, 6.07) is 4.10. The van der Waals surface area contributed by atoms with Crippen LogP contribution in [0.2, 0.25) is 5.02 Å². The van der Waals surface area contributed by atoms with E-state index >= 15 is 0 Å². The number of halogens is 1. The van der Waals surface area contributed by atoms with Gasteiger partial charge in [0.05, 0.1) is 16.3 Å². The van der Waals surface area contributed by atoms with E-state index < -0.39 is 0 Å². The number of nitrogens with zero attached hydrogens (tertiary/aromatic N) is 1. The molecule has 0 aliphatic carbocycles. The summed E-state index contributed by atoms with van der Waals surface area (Å²) in [6.07, 6.45) is 6.28. The number of benzene rings is 1. The van der Waals surface area contributed by atoms with Gasteiger partial charge >= 0.3 is 0 Å². The third-order valence-electron chi connectivity index (χ3n) is 5.04. The third-order valence-corrected chi connectivity index (χ3v) is 5.33. The van der Waals surface area contributed by atoms with Crippen LogP contribution in [0.5, 0.6) is 0 Å². The Morgan fingerprint density at radius 1 is 1.26 bits per heavy atom. The lowest BCUT2D eigenvalue weighted by atomic mass is 10.0. The highest BCUT2D eigenvalue weighted by atomic mass is 35.5. The maximum atomic E-state index is 8.86. The average Bonchev–Trinajstić information content (AvgIpc) is 2.61. The molecule has 0 amide bonds. The number of anilines is 1. The maximum absolute atomic E-state index is 8.86. The van der Waals surface area contributed by atoms with Crippen molar-refractivity contribution < 1.29 is 4.74 Å². The van der Waals surface area contributed by atoms with Crippen LogP contribution in [-0.4, -0.2) is 25.5 Å². The second-order valence-electron chi connectivity index (χ2n) is 7.39. The minimum Gasteiger partial charge on any atom is -0.476 e. The number of hydrogen-bond donors (Lipinski definition) is 2. The summed E-state index contributed by atoms with van der Waals surface area (Å²) in [5.74, 6) is 1.24. The fourth-order valence-corrected chi connectivity index (χ4v) is 4.28. The van der Waals surface area contributed by atoms with Crippen molar-refractivity contribution in [2.75, 3.05) is 18.5 Å². The third kappa shape index (κ3) is 5.19. The number of piperidine rings is 1. The minimum atomic E-state index is 0.197. The van der Waals surface area contributed by atoms with Crippen LogP contribution in [-0.2, 0) is 4.74 Å². The zero-order valence-electron chi connectivity index (χ0n) is 17.4. The molecule has 0 spiro atoms. The normalized spacial score (nSPS) is 16.7. The number of rotatable bonds is 8. The molecule has 0 atom stereocenters. The van der Waals surface area contributed by atoms with E-state index in [2.05, 4.69) is 32.2 Å². The van der Waals surface area contributed by atoms with Crippen LogP contribution >= 0.6 is 11.6 Å². The van der Waals surface area contributed by atoms with E-state index in [9.17, 15) is 0 Å². The number of nitrogens with one attached hydrogen (secondary N) is 2. The highest BCUT2D eigenvalue weighted by Gasteiger charge is 2.28. The molecule has 1 aliphatic heterocycles. The SMILES string of the molecule is CCCC(CCC)O/C(NC)=C1\CCCN(c2c(C)cc(C)cc2Cl)C1=N. The molecule has 1 heterocycles. The van der Waals surface area contributed by atoms with Gasteiger partial charge in [-0.3, -0.25) is 5.41 Å². The van der Waals surface area contributed by atoms with Gasteiger partial charge in [0.15, 0.2) is 5.88 Å². The van der Waals surface area contributed by atoms with E-state index in [1.807, 2.05) is 24.9 Å². The first-order valence-corrected chi connectivity index (χ1v) is 10.5. The van der Waals surface area contributed by atoms with Crippen LogP contribution in [0, 0.1) is 19.3 Å². The van der Waals surface area contributed by atoms with Gasteiger partial charge in [-0.2, -0.15) is 0 Å². The predicted octanol–water partition coefficient (Wildman–Crippen LogP) is 5.95. The zero-order valence-corrected chi connectivity index (χ0v) is 18.2. The average molecular weight is 392 g/mol. The largest absolute Gasteiger partial charge is 0.476 e. The van der Waals surface area contributed by atoms with Crippen molar-refractivity contribution in [3.05, 3.63) is 39.7 Å². The van der Waals surface area contributed by atoms with Crippen molar-refractivity contribution in [3.63, 3.8) is 0 Å². The molecule has 0 bridgehead atoms. The number of ether oxygens (including phenoxy) is 1. The van der Waals surface area contributed by atoms with Gasteiger partial charge in [0.2, 0.25) is 0 Å². The molecule has 1 aromatic rings. The van der Waals surface area contributed by atoms with Gasteiger partial charge in [0.1, 0.15) is 11.9 Å². The lowest BCUT2D eigenvalue weighted by Crippen LogP contribution is -2.39. The Morgan fingerprint density at radius 2 is 1.93 bits per heavy atom. The second-order valence-corrected chi connectivity index (χ2v) is 7.80. The van der Waals surface area contributed by atoms with Crippen LogP contribution in [0.25, 0.3) is 0 Å². The van der Waals surface area contributed by atoms with Crippen molar-refractivity contribution >= 4 is 23.1 Å². The van der Waals surface area contributed by atoms with E-state index in [0.29, 0.717) is 10.9 Å². The molecule has 0 radical (unpaired) electrons. The Hall–Kier alpha value is -1.68. The number of aryl methyl sites for hydroxylation is 2. The molecule has 5 heteroatoms. The monoisotopic (exact) mass is 391 g/mol. The van der Waals surface area contributed by atoms with Crippen molar-refractivity contribution in [3.8, 4) is 0 Å². The predicted molar refractivity (Wildman–Crippen MR) is 116 cm³/mol. The van der Waals surface area contributed by atoms with Crippen molar-refractivity contribution in [1.29, 1.82) is 5.41 Å². The van der Waals surface area contributed by atoms with Gasteiger partial charge in [-0.05, 0) is 56.7 Å². The molecule has 1 saturated heterocycles. The summed E-state index contributed by atoms with van der Waals surface area (Å²) < 4.78 is 6.32. The Labute approximate surface area is 169 Å². The van der Waals surface area contributed by atoms with Gasteiger partial charge in [0, 0.05) is 13.6 Å². The quantitative estimate of drug-likeness (QED) is 0.538. The highest BCUT2D eigenvalue weighted by Crippen LogP contribution is 2.35. The van der Waals surface area contributed by atoms with Crippen LogP contribution < -0.4 is 10.2 Å². The summed E-state index contributed by atoms with van der Waals surface area (Å²) in [5, 5.41) is 12.8. The molecule has 2 rings (SSSR count). The molecular weight excluding hydrogens is 358 g/mol. The van der Waals surface area contributed by atoms with Crippen molar-refractivity contribution in [2.24, 2.45) is 0 Å². The van der Waals surface area contributed by atoms with Crippen LogP contribution in [0.4, 0.5) is 5.69 Å². The first-order chi connectivity index (χ1) is 12.9. The van der Waals surface area contributed by atoms with E-state index in [0.717, 1.165) is 73.3 Å². The fourth-order valence-electron chi connectivity index (χ4n) is 3.86. The molecule has 1 fully saturated rings. The summed E-state index contributed by atoms with van der Waals surface area (Å²) in [7, 11) is 1.88.